The van der Waals surface area contributed by atoms with Gasteiger partial charge in [0.2, 0.25) is 5.88 Å². The van der Waals surface area contributed by atoms with Crippen LogP contribution in [-0.2, 0) is 11.3 Å². The summed E-state index contributed by atoms with van der Waals surface area (Å²) >= 11 is 0. The summed E-state index contributed by atoms with van der Waals surface area (Å²) in [4.78, 5) is 26.3. The van der Waals surface area contributed by atoms with Crippen molar-refractivity contribution in [3.05, 3.63) is 53.7 Å². The molecule has 2 aromatic rings. The standard InChI is InChI=1S/C15H14N2O5/c1-21-13-11(7-8-12(16-13)14(18)19)17-15(20)22-9-10-5-3-2-4-6-10/h2-8H,9H2,1H3,(H,17,20)(H,18,19). The van der Waals surface area contributed by atoms with E-state index in [4.69, 9.17) is 14.6 Å². The van der Waals surface area contributed by atoms with Crippen LogP contribution >= 0.6 is 0 Å². The highest BCUT2D eigenvalue weighted by molar-refractivity contribution is 5.89. The number of benzene rings is 1. The molecule has 0 aliphatic rings. The molecule has 0 saturated heterocycles. The quantitative estimate of drug-likeness (QED) is 0.880. The maximum absolute atomic E-state index is 11.7. The number of carbonyl (C=O) groups excluding carboxylic acids is 1. The molecule has 7 heteroatoms. The van der Waals surface area contributed by atoms with Crippen LogP contribution in [0.2, 0.25) is 0 Å². The molecule has 22 heavy (non-hydrogen) atoms. The first kappa shape index (κ1) is 15.3. The number of nitrogens with one attached hydrogen (secondary N) is 1. The van der Waals surface area contributed by atoms with Crippen molar-refractivity contribution in [2.75, 3.05) is 12.4 Å². The Kier molecular flexibility index (Phi) is 4.92. The van der Waals surface area contributed by atoms with Gasteiger partial charge in [-0.2, -0.15) is 0 Å². The van der Waals surface area contributed by atoms with Crippen LogP contribution in [0.25, 0.3) is 0 Å². The van der Waals surface area contributed by atoms with E-state index in [9.17, 15) is 9.59 Å². The van der Waals surface area contributed by atoms with E-state index in [1.165, 1.54) is 19.2 Å². The molecule has 1 aromatic carbocycles. The van der Waals surface area contributed by atoms with Crippen molar-refractivity contribution in [1.29, 1.82) is 0 Å². The Morgan fingerprint density at radius 3 is 2.55 bits per heavy atom. The second-order valence-electron chi connectivity index (χ2n) is 4.25. The summed E-state index contributed by atoms with van der Waals surface area (Å²) in [6.07, 6.45) is -0.688. The van der Waals surface area contributed by atoms with E-state index < -0.39 is 12.1 Å². The molecule has 0 aliphatic heterocycles. The van der Waals surface area contributed by atoms with Crippen molar-refractivity contribution in [2.45, 2.75) is 6.61 Å². The number of carboxylic acid groups (broad SMARTS) is 1. The minimum atomic E-state index is -1.18. The number of methoxy groups -OCH3 is 1. The number of hydrogen-bond acceptors (Lipinski definition) is 5. The molecule has 1 aromatic heterocycles. The summed E-state index contributed by atoms with van der Waals surface area (Å²) in [5.74, 6) is -1.19. The summed E-state index contributed by atoms with van der Waals surface area (Å²) < 4.78 is 10.0. The Morgan fingerprint density at radius 1 is 1.18 bits per heavy atom. The van der Waals surface area contributed by atoms with Gasteiger partial charge in [-0.3, -0.25) is 5.32 Å². The molecule has 7 nitrogen and oxygen atoms in total. The first-order chi connectivity index (χ1) is 10.6. The van der Waals surface area contributed by atoms with Gasteiger partial charge in [-0.15, -0.1) is 0 Å². The first-order valence-electron chi connectivity index (χ1n) is 6.36. The second kappa shape index (κ2) is 7.07. The summed E-state index contributed by atoms with van der Waals surface area (Å²) in [5, 5.41) is 11.3. The smallest absolute Gasteiger partial charge is 0.412 e. The van der Waals surface area contributed by atoms with Gasteiger partial charge in [0.15, 0.2) is 5.69 Å². The van der Waals surface area contributed by atoms with E-state index in [0.29, 0.717) is 0 Å². The van der Waals surface area contributed by atoms with Crippen LogP contribution in [0.4, 0.5) is 10.5 Å². The zero-order valence-electron chi connectivity index (χ0n) is 11.8. The molecule has 0 unspecified atom stereocenters. The molecule has 0 bridgehead atoms. The van der Waals surface area contributed by atoms with E-state index in [2.05, 4.69) is 10.3 Å². The van der Waals surface area contributed by atoms with E-state index in [0.717, 1.165) is 5.56 Å². The summed E-state index contributed by atoms with van der Waals surface area (Å²) in [6.45, 7) is 0.121. The van der Waals surface area contributed by atoms with Gasteiger partial charge >= 0.3 is 12.1 Å². The Balaban J connectivity index is 2.00. The minimum Gasteiger partial charge on any atom is -0.479 e. The van der Waals surface area contributed by atoms with Crippen LogP contribution in [0.5, 0.6) is 5.88 Å². The number of amides is 1. The molecule has 1 amide bonds. The Bertz CT molecular complexity index is 673. The fourth-order valence-corrected chi connectivity index (χ4v) is 1.68. The Hall–Kier alpha value is -3.09. The van der Waals surface area contributed by atoms with Crippen LogP contribution in [0, 0.1) is 0 Å². The second-order valence-corrected chi connectivity index (χ2v) is 4.25. The summed E-state index contributed by atoms with van der Waals surface area (Å²) in [6, 6.07) is 11.9. The van der Waals surface area contributed by atoms with Crippen LogP contribution in [0.15, 0.2) is 42.5 Å². The first-order valence-corrected chi connectivity index (χ1v) is 6.36. The van der Waals surface area contributed by atoms with Crippen molar-refractivity contribution >= 4 is 17.7 Å². The highest BCUT2D eigenvalue weighted by atomic mass is 16.5. The van der Waals surface area contributed by atoms with Gasteiger partial charge in [0.1, 0.15) is 12.3 Å². The Morgan fingerprint density at radius 2 is 1.91 bits per heavy atom. The monoisotopic (exact) mass is 302 g/mol. The molecule has 0 spiro atoms. The van der Waals surface area contributed by atoms with Gasteiger partial charge in [0, 0.05) is 0 Å². The highest BCUT2D eigenvalue weighted by Gasteiger charge is 2.13. The van der Waals surface area contributed by atoms with E-state index in [1.54, 1.807) is 0 Å². The number of aromatic nitrogens is 1. The van der Waals surface area contributed by atoms with Gasteiger partial charge in [0.25, 0.3) is 0 Å². The van der Waals surface area contributed by atoms with Gasteiger partial charge in [-0.25, -0.2) is 14.6 Å². The van der Waals surface area contributed by atoms with Crippen molar-refractivity contribution < 1.29 is 24.2 Å². The molecule has 1 heterocycles. The van der Waals surface area contributed by atoms with E-state index >= 15 is 0 Å². The van der Waals surface area contributed by atoms with Crippen molar-refractivity contribution in [2.24, 2.45) is 0 Å². The van der Waals surface area contributed by atoms with Crippen LogP contribution < -0.4 is 10.1 Å². The van der Waals surface area contributed by atoms with Gasteiger partial charge in [-0.1, -0.05) is 30.3 Å². The number of nitrogens with zero attached hydrogens (tertiary/aromatic N) is 1. The fraction of sp³-hybridized carbons (Fsp3) is 0.133. The van der Waals surface area contributed by atoms with Crippen molar-refractivity contribution in [3.8, 4) is 5.88 Å². The molecule has 0 saturated carbocycles. The fourth-order valence-electron chi connectivity index (χ4n) is 1.68. The molecular weight excluding hydrogens is 288 g/mol. The molecule has 0 radical (unpaired) electrons. The predicted molar refractivity (Wildman–Crippen MR) is 78.0 cm³/mol. The van der Waals surface area contributed by atoms with Crippen LogP contribution in [0.3, 0.4) is 0 Å². The maximum atomic E-state index is 11.7. The maximum Gasteiger partial charge on any atom is 0.412 e. The van der Waals surface area contributed by atoms with Gasteiger partial charge in [0.05, 0.1) is 7.11 Å². The topological polar surface area (TPSA) is 97.8 Å². The highest BCUT2D eigenvalue weighted by Crippen LogP contribution is 2.22. The summed E-state index contributed by atoms with van der Waals surface area (Å²) in [7, 11) is 1.33. The number of carboxylic acids is 1. The number of hydrogen-bond donors (Lipinski definition) is 2. The lowest BCUT2D eigenvalue weighted by Crippen LogP contribution is -2.15. The number of anilines is 1. The molecule has 0 aliphatic carbocycles. The summed E-state index contributed by atoms with van der Waals surface area (Å²) in [5.41, 5.74) is 0.898. The number of ether oxygens (including phenoxy) is 2. The molecule has 0 atom stereocenters. The minimum absolute atomic E-state index is 0.00318. The SMILES string of the molecule is COc1nc(C(=O)O)ccc1NC(=O)OCc1ccccc1. The largest absolute Gasteiger partial charge is 0.479 e. The lowest BCUT2D eigenvalue weighted by atomic mass is 10.2. The third kappa shape index (κ3) is 3.95. The molecule has 2 N–H and O–H groups in total. The third-order valence-corrected chi connectivity index (χ3v) is 2.72. The van der Waals surface area contributed by atoms with E-state index in [1.807, 2.05) is 30.3 Å². The lowest BCUT2D eigenvalue weighted by Gasteiger charge is -2.10. The van der Waals surface area contributed by atoms with Crippen molar-refractivity contribution in [1.82, 2.24) is 4.98 Å². The van der Waals surface area contributed by atoms with Crippen molar-refractivity contribution in [3.63, 3.8) is 0 Å². The average molecular weight is 302 g/mol. The number of carbonyl (C=O) groups is 2. The zero-order valence-corrected chi connectivity index (χ0v) is 11.8. The number of aromatic carboxylic acids is 1. The number of pyridine rings is 1. The lowest BCUT2D eigenvalue weighted by molar-refractivity contribution is 0.0689. The Labute approximate surface area is 126 Å². The average Bonchev–Trinajstić information content (AvgIpc) is 2.54. The third-order valence-electron chi connectivity index (χ3n) is 2.72. The van der Waals surface area contributed by atoms with E-state index in [-0.39, 0.29) is 23.9 Å². The van der Waals surface area contributed by atoms with Crippen LogP contribution in [0.1, 0.15) is 16.1 Å². The molecule has 0 fully saturated rings. The number of rotatable bonds is 5. The van der Waals surface area contributed by atoms with Gasteiger partial charge in [-0.05, 0) is 17.7 Å². The predicted octanol–water partition coefficient (Wildman–Crippen LogP) is 2.54. The molecule has 114 valence electrons. The molecule has 2 rings (SSSR count). The van der Waals surface area contributed by atoms with Crippen LogP contribution in [-0.4, -0.2) is 29.3 Å². The zero-order chi connectivity index (χ0) is 15.9. The normalized spacial score (nSPS) is 9.86. The molecular formula is C15H14N2O5. The van der Waals surface area contributed by atoms with Gasteiger partial charge < -0.3 is 14.6 Å².